The van der Waals surface area contributed by atoms with E-state index in [-0.39, 0.29) is 18.3 Å². The van der Waals surface area contributed by atoms with E-state index < -0.39 is 5.54 Å². The third-order valence-corrected chi connectivity index (χ3v) is 5.51. The molecule has 0 unspecified atom stereocenters. The first-order chi connectivity index (χ1) is 13.5. The van der Waals surface area contributed by atoms with Crippen molar-refractivity contribution in [3.63, 3.8) is 0 Å². The molecule has 3 rings (SSSR count). The number of nitrogens with two attached hydrogens (primary N) is 1. The van der Waals surface area contributed by atoms with Crippen molar-refractivity contribution in [2.24, 2.45) is 5.73 Å². The summed E-state index contributed by atoms with van der Waals surface area (Å²) in [5, 5.41) is 0. The minimum atomic E-state index is -0.736. The molecule has 0 atom stereocenters. The van der Waals surface area contributed by atoms with Crippen LogP contribution in [0.25, 0.3) is 0 Å². The van der Waals surface area contributed by atoms with Crippen molar-refractivity contribution in [2.75, 3.05) is 20.8 Å². The number of hydrogen-bond acceptors (Lipinski definition) is 4. The third kappa shape index (κ3) is 5.87. The number of hydrogen-bond donors (Lipinski definition) is 1. The van der Waals surface area contributed by atoms with Gasteiger partial charge in [0.15, 0.2) is 0 Å². The van der Waals surface area contributed by atoms with E-state index in [1.165, 1.54) is 5.56 Å². The van der Waals surface area contributed by atoms with Crippen LogP contribution in [-0.2, 0) is 17.8 Å². The van der Waals surface area contributed by atoms with Gasteiger partial charge < -0.3 is 20.1 Å². The maximum Gasteiger partial charge on any atom is 0.242 e. The molecule has 1 fully saturated rings. The zero-order chi connectivity index (χ0) is 20.0. The monoisotopic (exact) mass is 418 g/mol. The normalized spacial score (nSPS) is 14.7. The van der Waals surface area contributed by atoms with Gasteiger partial charge in [0.2, 0.25) is 5.91 Å². The molecule has 29 heavy (non-hydrogen) atoms. The summed E-state index contributed by atoms with van der Waals surface area (Å²) < 4.78 is 10.8. The second kappa shape index (κ2) is 10.5. The molecule has 0 saturated heterocycles. The van der Waals surface area contributed by atoms with E-state index in [9.17, 15) is 4.79 Å². The Morgan fingerprint density at radius 1 is 1.00 bits per heavy atom. The van der Waals surface area contributed by atoms with Gasteiger partial charge in [-0.2, -0.15) is 0 Å². The molecule has 158 valence electrons. The fourth-order valence-corrected chi connectivity index (χ4v) is 3.87. The predicted molar refractivity (Wildman–Crippen MR) is 118 cm³/mol. The zero-order valence-corrected chi connectivity index (χ0v) is 18.0. The smallest absolute Gasteiger partial charge is 0.242 e. The average molecular weight is 419 g/mol. The van der Waals surface area contributed by atoms with Gasteiger partial charge in [0.25, 0.3) is 0 Å². The Morgan fingerprint density at radius 3 is 2.14 bits per heavy atom. The van der Waals surface area contributed by atoms with Crippen molar-refractivity contribution in [2.45, 2.75) is 44.2 Å². The predicted octanol–water partition coefficient (Wildman–Crippen LogP) is 3.97. The maximum absolute atomic E-state index is 13.3. The van der Waals surface area contributed by atoms with Crippen LogP contribution in [0.3, 0.4) is 0 Å². The van der Waals surface area contributed by atoms with Crippen molar-refractivity contribution in [3.05, 3.63) is 59.7 Å². The van der Waals surface area contributed by atoms with E-state index >= 15 is 0 Å². The lowest BCUT2D eigenvalue weighted by molar-refractivity contribution is -0.137. The number of amides is 1. The second-order valence-electron chi connectivity index (χ2n) is 7.55. The summed E-state index contributed by atoms with van der Waals surface area (Å²) in [6.07, 6.45) is 4.34. The highest BCUT2D eigenvalue weighted by Crippen LogP contribution is 2.30. The average Bonchev–Trinajstić information content (AvgIpc) is 3.18. The van der Waals surface area contributed by atoms with E-state index in [1.807, 2.05) is 41.3 Å². The first kappa shape index (κ1) is 23.0. The number of ether oxygens (including phenoxy) is 2. The standard InChI is InChI=1S/C23H30N2O3.ClH/c1-27-20-14-19(15-21(16-20)28-2)17-25(13-10-18-8-4-3-5-9-18)22(26)23(24)11-6-7-12-23;/h3-5,8-9,14-16H,6-7,10-13,17,24H2,1-2H3;1H. The number of methoxy groups -OCH3 is 2. The first-order valence-corrected chi connectivity index (χ1v) is 9.88. The van der Waals surface area contributed by atoms with Crippen LogP contribution in [0.5, 0.6) is 11.5 Å². The van der Waals surface area contributed by atoms with Crippen LogP contribution in [-0.4, -0.2) is 37.1 Å². The summed E-state index contributed by atoms with van der Waals surface area (Å²) in [5.41, 5.74) is 7.94. The highest BCUT2D eigenvalue weighted by atomic mass is 35.5. The molecule has 2 N–H and O–H groups in total. The topological polar surface area (TPSA) is 64.8 Å². The molecule has 6 heteroatoms. The fraction of sp³-hybridized carbons (Fsp3) is 0.435. The van der Waals surface area contributed by atoms with Crippen molar-refractivity contribution < 1.29 is 14.3 Å². The lowest BCUT2D eigenvalue weighted by Crippen LogP contribution is -2.53. The molecule has 0 aromatic heterocycles. The number of benzene rings is 2. The second-order valence-corrected chi connectivity index (χ2v) is 7.55. The molecule has 0 bridgehead atoms. The van der Waals surface area contributed by atoms with Crippen LogP contribution >= 0.6 is 12.4 Å². The Bertz CT molecular complexity index is 770. The van der Waals surface area contributed by atoms with Gasteiger partial charge >= 0.3 is 0 Å². The highest BCUT2D eigenvalue weighted by Gasteiger charge is 2.39. The number of nitrogens with zero attached hydrogens (tertiary/aromatic N) is 1. The largest absolute Gasteiger partial charge is 0.497 e. The molecule has 1 amide bonds. The van der Waals surface area contributed by atoms with Gasteiger partial charge in [0, 0.05) is 19.2 Å². The van der Waals surface area contributed by atoms with Crippen molar-refractivity contribution >= 4 is 18.3 Å². The van der Waals surface area contributed by atoms with Crippen LogP contribution < -0.4 is 15.2 Å². The molecule has 5 nitrogen and oxygen atoms in total. The summed E-state index contributed by atoms with van der Waals surface area (Å²) >= 11 is 0. The third-order valence-electron chi connectivity index (χ3n) is 5.51. The maximum atomic E-state index is 13.3. The summed E-state index contributed by atoms with van der Waals surface area (Å²) in [7, 11) is 3.26. The Hall–Kier alpha value is -2.24. The molecule has 0 heterocycles. The van der Waals surface area contributed by atoms with E-state index in [4.69, 9.17) is 15.2 Å². The minimum absolute atomic E-state index is 0. The Morgan fingerprint density at radius 2 is 1.59 bits per heavy atom. The number of carbonyl (C=O) groups excluding carboxylic acids is 1. The zero-order valence-electron chi connectivity index (χ0n) is 17.2. The summed E-state index contributed by atoms with van der Waals surface area (Å²) in [5.74, 6) is 1.48. The fourth-order valence-electron chi connectivity index (χ4n) is 3.87. The molecule has 0 spiro atoms. The van der Waals surface area contributed by atoms with Gasteiger partial charge in [0.05, 0.1) is 19.8 Å². The summed E-state index contributed by atoms with van der Waals surface area (Å²) in [4.78, 5) is 15.2. The number of rotatable bonds is 8. The number of carbonyl (C=O) groups is 1. The van der Waals surface area contributed by atoms with E-state index in [1.54, 1.807) is 14.2 Å². The molecule has 1 saturated carbocycles. The molecule has 0 radical (unpaired) electrons. The molecule has 2 aromatic carbocycles. The Kier molecular flexibility index (Phi) is 8.35. The van der Waals surface area contributed by atoms with E-state index in [0.717, 1.165) is 37.7 Å². The SMILES string of the molecule is COc1cc(CN(CCc2ccccc2)C(=O)C2(N)CCCC2)cc(OC)c1.Cl. The van der Waals surface area contributed by atoms with Gasteiger partial charge in [0.1, 0.15) is 11.5 Å². The quantitative estimate of drug-likeness (QED) is 0.704. The van der Waals surface area contributed by atoms with Crippen molar-refractivity contribution in [1.29, 1.82) is 0 Å². The molecule has 0 aliphatic heterocycles. The minimum Gasteiger partial charge on any atom is -0.497 e. The van der Waals surface area contributed by atoms with E-state index in [2.05, 4.69) is 12.1 Å². The van der Waals surface area contributed by atoms with Crippen molar-refractivity contribution in [1.82, 2.24) is 4.90 Å². The lowest BCUT2D eigenvalue weighted by Gasteiger charge is -2.32. The molecular formula is C23H31ClN2O3. The summed E-state index contributed by atoms with van der Waals surface area (Å²) in [6, 6.07) is 16.0. The van der Waals surface area contributed by atoms with Gasteiger partial charge in [-0.3, -0.25) is 4.79 Å². The van der Waals surface area contributed by atoms with Crippen LogP contribution in [0.15, 0.2) is 48.5 Å². The Balaban J connectivity index is 0.00000300. The first-order valence-electron chi connectivity index (χ1n) is 9.88. The number of halogens is 1. The van der Waals surface area contributed by atoms with Crippen LogP contribution in [0.4, 0.5) is 0 Å². The van der Waals surface area contributed by atoms with Crippen molar-refractivity contribution in [3.8, 4) is 11.5 Å². The van der Waals surface area contributed by atoms with Gasteiger partial charge in [-0.15, -0.1) is 12.4 Å². The van der Waals surface area contributed by atoms with Crippen LogP contribution in [0.2, 0.25) is 0 Å². The molecule has 1 aliphatic carbocycles. The van der Waals surface area contributed by atoms with Crippen LogP contribution in [0, 0.1) is 0 Å². The van der Waals surface area contributed by atoms with E-state index in [0.29, 0.717) is 24.6 Å². The molecule has 2 aromatic rings. The highest BCUT2D eigenvalue weighted by molar-refractivity contribution is 5.86. The van der Waals surface area contributed by atoms with Gasteiger partial charge in [-0.1, -0.05) is 43.2 Å². The summed E-state index contributed by atoms with van der Waals surface area (Å²) in [6.45, 7) is 1.11. The lowest BCUT2D eigenvalue weighted by atomic mass is 9.96. The van der Waals surface area contributed by atoms with Gasteiger partial charge in [-0.05, 0) is 42.5 Å². The molecule has 1 aliphatic rings. The molecular weight excluding hydrogens is 388 g/mol. The van der Waals surface area contributed by atoms with Gasteiger partial charge in [-0.25, -0.2) is 0 Å². The Labute approximate surface area is 179 Å². The van der Waals surface area contributed by atoms with Crippen LogP contribution in [0.1, 0.15) is 36.8 Å².